The van der Waals surface area contributed by atoms with E-state index in [0.717, 1.165) is 102 Å². The van der Waals surface area contributed by atoms with Gasteiger partial charge in [-0.25, -0.2) is 0 Å². The highest BCUT2D eigenvalue weighted by Gasteiger charge is 2.65. The molecule has 6 nitrogen and oxygen atoms in total. The van der Waals surface area contributed by atoms with Gasteiger partial charge in [0.05, 0.1) is 0 Å². The second-order valence-electron chi connectivity index (χ2n) is 14.7. The first-order valence-corrected chi connectivity index (χ1v) is 18.9. The first kappa shape index (κ1) is 37.0. The van der Waals surface area contributed by atoms with Crippen molar-refractivity contribution < 1.29 is 28.6 Å². The molecule has 6 atom stereocenters. The molecule has 4 rings (SSSR count). The molecule has 2 saturated carbocycles. The molecule has 0 bridgehead atoms. The van der Waals surface area contributed by atoms with Crippen LogP contribution in [0.4, 0.5) is 0 Å². The highest BCUT2D eigenvalue weighted by Crippen LogP contribution is 2.65. The molecule has 0 aliphatic heterocycles. The van der Waals surface area contributed by atoms with E-state index >= 15 is 0 Å². The van der Waals surface area contributed by atoms with Gasteiger partial charge in [0.1, 0.15) is 11.9 Å². The maximum absolute atomic E-state index is 13.3. The van der Waals surface area contributed by atoms with Crippen molar-refractivity contribution in [1.29, 1.82) is 0 Å². The Morgan fingerprint density at radius 3 is 2.04 bits per heavy atom. The molecule has 0 unspecified atom stereocenters. The first-order chi connectivity index (χ1) is 22.7. The lowest BCUT2D eigenvalue weighted by Gasteiger charge is -2.54. The van der Waals surface area contributed by atoms with E-state index in [1.165, 1.54) is 5.56 Å². The average molecular weight is 649 g/mol. The molecule has 2 fully saturated rings. The van der Waals surface area contributed by atoms with Gasteiger partial charge in [-0.3, -0.25) is 14.4 Å². The van der Waals surface area contributed by atoms with Crippen LogP contribution >= 0.6 is 0 Å². The first-order valence-electron chi connectivity index (χ1n) is 18.9. The Bertz CT molecular complexity index is 1250. The Hall–Kier alpha value is -2.81. The minimum absolute atomic E-state index is 0.0753. The number of hydrogen-bond donors (Lipinski definition) is 0. The summed E-state index contributed by atoms with van der Waals surface area (Å²) < 4.78 is 18.5. The molecule has 0 aromatic heterocycles. The van der Waals surface area contributed by atoms with Gasteiger partial charge in [-0.15, -0.1) is 6.42 Å². The Morgan fingerprint density at radius 1 is 0.809 bits per heavy atom. The van der Waals surface area contributed by atoms with Gasteiger partial charge >= 0.3 is 17.9 Å². The van der Waals surface area contributed by atoms with Gasteiger partial charge in [0.25, 0.3) is 0 Å². The van der Waals surface area contributed by atoms with E-state index in [9.17, 15) is 14.4 Å². The number of esters is 3. The predicted molar refractivity (Wildman–Crippen MR) is 186 cm³/mol. The maximum atomic E-state index is 13.3. The van der Waals surface area contributed by atoms with E-state index in [4.69, 9.17) is 20.6 Å². The van der Waals surface area contributed by atoms with Gasteiger partial charge in [-0.2, -0.15) is 0 Å². The highest BCUT2D eigenvalue weighted by molar-refractivity contribution is 5.72. The van der Waals surface area contributed by atoms with Crippen LogP contribution < -0.4 is 4.74 Å². The minimum Gasteiger partial charge on any atom is -0.462 e. The van der Waals surface area contributed by atoms with E-state index in [1.807, 2.05) is 12.1 Å². The maximum Gasteiger partial charge on any atom is 0.311 e. The summed E-state index contributed by atoms with van der Waals surface area (Å²) in [6.45, 7) is 8.69. The normalized spacial score (nSPS) is 27.6. The number of unbranched alkanes of at least 4 members (excludes halogenated alkanes) is 9. The van der Waals surface area contributed by atoms with Crippen molar-refractivity contribution in [3.8, 4) is 18.1 Å². The number of fused-ring (bicyclic) bond motifs is 5. The summed E-state index contributed by atoms with van der Waals surface area (Å²) in [5.74, 6) is 3.44. The number of rotatable bonds is 18. The average Bonchev–Trinajstić information content (AvgIpc) is 3.35. The third kappa shape index (κ3) is 8.81. The lowest BCUT2D eigenvalue weighted by atomic mass is 9.52. The molecule has 1 aromatic rings. The quantitative estimate of drug-likeness (QED) is 0.0682. The second-order valence-corrected chi connectivity index (χ2v) is 14.7. The van der Waals surface area contributed by atoms with E-state index in [-0.39, 0.29) is 41.8 Å². The number of carbonyl (C=O) groups excluding carboxylic acids is 3. The van der Waals surface area contributed by atoms with Gasteiger partial charge < -0.3 is 14.2 Å². The van der Waals surface area contributed by atoms with E-state index in [0.29, 0.717) is 37.9 Å². The third-order valence-corrected chi connectivity index (χ3v) is 11.6. The zero-order chi connectivity index (χ0) is 33.9. The lowest BCUT2D eigenvalue weighted by Crippen LogP contribution is -2.55. The summed E-state index contributed by atoms with van der Waals surface area (Å²) in [6, 6.07) is 6.04. The van der Waals surface area contributed by atoms with Gasteiger partial charge in [0.15, 0.2) is 5.60 Å². The monoisotopic (exact) mass is 648 g/mol. The molecule has 0 amide bonds. The standard InChI is InChI=1S/C41H60O6/c1-6-10-13-16-19-36(42)45-31-22-23-32-30(28-31)29-35(46-37(43)20-17-14-11-7-2)39-33(32)24-26-40(5)34(39)25-27-41(40,9-4)47-38(44)21-18-15-12-8-3/h4,22-23,28,33-35,39H,6-8,10-21,24-27,29H2,1-3,5H3/t33-,34+,35-,39-,40+,41+/m1/s1. The van der Waals surface area contributed by atoms with Crippen molar-refractivity contribution in [2.75, 3.05) is 0 Å². The van der Waals surface area contributed by atoms with Crippen LogP contribution in [0.15, 0.2) is 18.2 Å². The van der Waals surface area contributed by atoms with Crippen LogP contribution in [0.1, 0.15) is 167 Å². The lowest BCUT2D eigenvalue weighted by molar-refractivity contribution is -0.173. The molecule has 1 aromatic carbocycles. The van der Waals surface area contributed by atoms with Crippen LogP contribution in [0.3, 0.4) is 0 Å². The van der Waals surface area contributed by atoms with Crippen LogP contribution in [-0.2, 0) is 30.3 Å². The minimum atomic E-state index is -0.950. The number of terminal acetylenes is 1. The van der Waals surface area contributed by atoms with Gasteiger partial charge in [0.2, 0.25) is 0 Å². The number of carbonyl (C=O) groups is 3. The van der Waals surface area contributed by atoms with Crippen LogP contribution in [0.2, 0.25) is 0 Å². The fourth-order valence-electron chi connectivity index (χ4n) is 8.91. The van der Waals surface area contributed by atoms with Gasteiger partial charge in [0, 0.05) is 37.0 Å². The largest absolute Gasteiger partial charge is 0.462 e. The fraction of sp³-hybridized carbons (Fsp3) is 0.732. The molecule has 3 aliphatic rings. The van der Waals surface area contributed by atoms with Crippen LogP contribution in [0, 0.1) is 29.6 Å². The molecule has 3 aliphatic carbocycles. The molecule has 6 heteroatoms. The van der Waals surface area contributed by atoms with Crippen LogP contribution in [0.5, 0.6) is 5.75 Å². The molecule has 0 saturated heterocycles. The summed E-state index contributed by atoms with van der Waals surface area (Å²) in [6.07, 6.45) is 23.2. The molecule has 0 heterocycles. The summed E-state index contributed by atoms with van der Waals surface area (Å²) >= 11 is 0. The molecule has 0 radical (unpaired) electrons. The topological polar surface area (TPSA) is 78.9 Å². The molecule has 260 valence electrons. The molecular formula is C41H60O6. The Morgan fingerprint density at radius 2 is 1.43 bits per heavy atom. The van der Waals surface area contributed by atoms with Crippen molar-refractivity contribution in [2.24, 2.45) is 17.3 Å². The van der Waals surface area contributed by atoms with Gasteiger partial charge in [-0.05, 0) is 80.0 Å². The molecule has 47 heavy (non-hydrogen) atoms. The Labute approximate surface area is 284 Å². The zero-order valence-corrected chi connectivity index (χ0v) is 29.7. The summed E-state index contributed by atoms with van der Waals surface area (Å²) in [4.78, 5) is 39.0. The van der Waals surface area contributed by atoms with Crippen LogP contribution in [-0.4, -0.2) is 29.6 Å². The van der Waals surface area contributed by atoms with Crippen molar-refractivity contribution in [2.45, 2.75) is 174 Å². The van der Waals surface area contributed by atoms with Crippen LogP contribution in [0.25, 0.3) is 0 Å². The predicted octanol–water partition coefficient (Wildman–Crippen LogP) is 9.80. The number of ether oxygens (including phenoxy) is 3. The van der Waals surface area contributed by atoms with Crippen molar-refractivity contribution in [1.82, 2.24) is 0 Å². The number of benzene rings is 1. The van der Waals surface area contributed by atoms with Crippen molar-refractivity contribution in [3.05, 3.63) is 29.3 Å². The van der Waals surface area contributed by atoms with Crippen molar-refractivity contribution in [3.63, 3.8) is 0 Å². The van der Waals surface area contributed by atoms with E-state index in [2.05, 4.69) is 39.7 Å². The highest BCUT2D eigenvalue weighted by atomic mass is 16.6. The Balaban J connectivity index is 1.56. The van der Waals surface area contributed by atoms with Crippen molar-refractivity contribution >= 4 is 17.9 Å². The van der Waals surface area contributed by atoms with E-state index in [1.54, 1.807) is 0 Å². The summed E-state index contributed by atoms with van der Waals surface area (Å²) in [5.41, 5.74) is 0.989. The molecule has 0 N–H and O–H groups in total. The fourth-order valence-corrected chi connectivity index (χ4v) is 8.91. The zero-order valence-electron chi connectivity index (χ0n) is 29.7. The number of hydrogen-bond acceptors (Lipinski definition) is 6. The summed E-state index contributed by atoms with van der Waals surface area (Å²) in [7, 11) is 0. The SMILES string of the molecule is C#C[C@]1(OC(=O)CCCCCC)CC[C@H]2[C@H]3[C@H](CC[C@@]21C)c1ccc(OC(=O)CCCCCC)cc1C[C@H]3OC(=O)CCCCCC. The molecule has 0 spiro atoms. The Kier molecular flexibility index (Phi) is 13.8. The smallest absolute Gasteiger partial charge is 0.311 e. The third-order valence-electron chi connectivity index (χ3n) is 11.6. The summed E-state index contributed by atoms with van der Waals surface area (Å²) in [5, 5.41) is 0. The van der Waals surface area contributed by atoms with E-state index < -0.39 is 11.0 Å². The second kappa shape index (κ2) is 17.5. The molecular weight excluding hydrogens is 588 g/mol. The van der Waals surface area contributed by atoms with Gasteiger partial charge in [-0.1, -0.05) is 97.5 Å².